The molecule has 1 aliphatic heterocycles. The van der Waals surface area contributed by atoms with Gasteiger partial charge in [0.2, 0.25) is 11.8 Å². The van der Waals surface area contributed by atoms with Gasteiger partial charge in [0.15, 0.2) is 0 Å². The second kappa shape index (κ2) is 7.92. The lowest BCUT2D eigenvalue weighted by molar-refractivity contribution is -0.129. The molecule has 27 heavy (non-hydrogen) atoms. The van der Waals surface area contributed by atoms with Crippen LogP contribution in [0.1, 0.15) is 23.6 Å². The molecule has 140 valence electrons. The molecular formula is C20H21N3O3S. The van der Waals surface area contributed by atoms with Gasteiger partial charge < -0.3 is 14.6 Å². The number of thiazole rings is 1. The molecule has 2 amide bonds. The van der Waals surface area contributed by atoms with Gasteiger partial charge in [-0.1, -0.05) is 12.1 Å². The zero-order valence-electron chi connectivity index (χ0n) is 14.9. The van der Waals surface area contributed by atoms with Crippen LogP contribution in [0.3, 0.4) is 0 Å². The van der Waals surface area contributed by atoms with Gasteiger partial charge >= 0.3 is 0 Å². The van der Waals surface area contributed by atoms with E-state index in [2.05, 4.69) is 16.4 Å². The molecule has 1 fully saturated rings. The highest BCUT2D eigenvalue weighted by atomic mass is 32.1. The molecule has 7 heteroatoms. The van der Waals surface area contributed by atoms with Crippen molar-refractivity contribution >= 4 is 33.4 Å². The zero-order chi connectivity index (χ0) is 18.6. The van der Waals surface area contributed by atoms with Gasteiger partial charge in [-0.05, 0) is 30.7 Å². The average molecular weight is 383 g/mol. The van der Waals surface area contributed by atoms with E-state index in [1.165, 1.54) is 4.70 Å². The third kappa shape index (κ3) is 4.19. The largest absolute Gasteiger partial charge is 0.467 e. The standard InChI is InChI=1S/C20H21N3O3S/c24-19-11-14(12-23(19)13-15-5-4-10-26-15)20(25)21-9-3-8-18-22-16-6-1-2-7-17(16)27-18/h1-2,4-7,10,14H,3,8-9,11-13H2,(H,21,25). The Balaban J connectivity index is 1.22. The van der Waals surface area contributed by atoms with Crippen LogP contribution in [-0.4, -0.2) is 34.8 Å². The van der Waals surface area contributed by atoms with Crippen molar-refractivity contribution in [3.63, 3.8) is 0 Å². The number of nitrogens with zero attached hydrogens (tertiary/aromatic N) is 2. The molecule has 2 aromatic heterocycles. The van der Waals surface area contributed by atoms with Crippen LogP contribution in [0, 0.1) is 5.92 Å². The third-order valence-corrected chi connectivity index (χ3v) is 5.81. The van der Waals surface area contributed by atoms with Crippen molar-refractivity contribution in [1.29, 1.82) is 0 Å². The Morgan fingerprint density at radius 3 is 3.00 bits per heavy atom. The third-order valence-electron chi connectivity index (χ3n) is 4.72. The van der Waals surface area contributed by atoms with Gasteiger partial charge in [-0.2, -0.15) is 0 Å². The minimum atomic E-state index is -0.282. The van der Waals surface area contributed by atoms with Crippen molar-refractivity contribution in [2.24, 2.45) is 5.92 Å². The highest BCUT2D eigenvalue weighted by Gasteiger charge is 2.34. The molecule has 0 saturated carbocycles. The molecule has 0 radical (unpaired) electrons. The highest BCUT2D eigenvalue weighted by Crippen LogP contribution is 2.23. The van der Waals surface area contributed by atoms with E-state index in [1.54, 1.807) is 28.6 Å². The normalized spacial score (nSPS) is 17.0. The summed E-state index contributed by atoms with van der Waals surface area (Å²) in [5.74, 6) is 0.408. The number of carbonyl (C=O) groups excluding carboxylic acids is 2. The number of hydrogen-bond acceptors (Lipinski definition) is 5. The molecule has 1 unspecified atom stereocenters. The van der Waals surface area contributed by atoms with E-state index in [0.717, 1.165) is 29.1 Å². The number of para-hydroxylation sites is 1. The summed E-state index contributed by atoms with van der Waals surface area (Å²) < 4.78 is 6.48. The van der Waals surface area contributed by atoms with E-state index in [0.29, 0.717) is 19.6 Å². The maximum absolute atomic E-state index is 12.4. The van der Waals surface area contributed by atoms with Crippen LogP contribution in [0.4, 0.5) is 0 Å². The number of aromatic nitrogens is 1. The molecule has 1 aliphatic rings. The minimum absolute atomic E-state index is 0.000950. The van der Waals surface area contributed by atoms with E-state index in [-0.39, 0.29) is 24.2 Å². The van der Waals surface area contributed by atoms with E-state index in [4.69, 9.17) is 4.42 Å². The Labute approximate surface area is 161 Å². The molecule has 6 nitrogen and oxygen atoms in total. The lowest BCUT2D eigenvalue weighted by Gasteiger charge is -2.15. The summed E-state index contributed by atoms with van der Waals surface area (Å²) in [5.41, 5.74) is 1.03. The molecule has 1 aromatic carbocycles. The smallest absolute Gasteiger partial charge is 0.225 e. The fraction of sp³-hybridized carbons (Fsp3) is 0.350. The first kappa shape index (κ1) is 17.7. The molecule has 0 aliphatic carbocycles. The van der Waals surface area contributed by atoms with Crippen LogP contribution in [0.15, 0.2) is 47.1 Å². The van der Waals surface area contributed by atoms with Crippen molar-refractivity contribution in [2.45, 2.75) is 25.8 Å². The number of rotatable bonds is 7. The van der Waals surface area contributed by atoms with E-state index >= 15 is 0 Å². The molecule has 3 aromatic rings. The van der Waals surface area contributed by atoms with E-state index in [1.807, 2.05) is 24.3 Å². The van der Waals surface area contributed by atoms with Crippen molar-refractivity contribution in [3.8, 4) is 0 Å². The SMILES string of the molecule is O=C(NCCCc1nc2ccccc2s1)C1CC(=O)N(Cc2ccco2)C1. The number of nitrogens with one attached hydrogen (secondary N) is 1. The summed E-state index contributed by atoms with van der Waals surface area (Å²) in [4.78, 5) is 30.8. The van der Waals surface area contributed by atoms with Crippen LogP contribution in [-0.2, 0) is 22.6 Å². The molecule has 3 heterocycles. The van der Waals surface area contributed by atoms with Gasteiger partial charge in [0.25, 0.3) is 0 Å². The van der Waals surface area contributed by atoms with E-state index < -0.39 is 0 Å². The van der Waals surface area contributed by atoms with Crippen LogP contribution in [0.25, 0.3) is 10.2 Å². The Bertz CT molecular complexity index is 902. The van der Waals surface area contributed by atoms with E-state index in [9.17, 15) is 9.59 Å². The summed E-state index contributed by atoms with van der Waals surface area (Å²) in [6.45, 7) is 1.47. The highest BCUT2D eigenvalue weighted by molar-refractivity contribution is 7.18. The minimum Gasteiger partial charge on any atom is -0.467 e. The lowest BCUT2D eigenvalue weighted by Crippen LogP contribution is -2.33. The first-order valence-corrected chi connectivity index (χ1v) is 9.93. The molecule has 1 N–H and O–H groups in total. The average Bonchev–Trinajstić information content (AvgIpc) is 3.39. The fourth-order valence-electron chi connectivity index (χ4n) is 3.31. The molecule has 0 bridgehead atoms. The van der Waals surface area contributed by atoms with Gasteiger partial charge in [0, 0.05) is 25.9 Å². The van der Waals surface area contributed by atoms with Crippen molar-refractivity contribution in [1.82, 2.24) is 15.2 Å². The predicted molar refractivity (Wildman–Crippen MR) is 103 cm³/mol. The number of benzene rings is 1. The number of amides is 2. The number of aryl methyl sites for hydroxylation is 1. The molecule has 0 spiro atoms. The molecular weight excluding hydrogens is 362 g/mol. The number of carbonyl (C=O) groups is 2. The summed E-state index contributed by atoms with van der Waals surface area (Å²) in [5, 5.41) is 4.05. The summed E-state index contributed by atoms with van der Waals surface area (Å²) >= 11 is 1.70. The number of furan rings is 1. The first-order chi connectivity index (χ1) is 13.2. The van der Waals surface area contributed by atoms with Crippen LogP contribution < -0.4 is 5.32 Å². The van der Waals surface area contributed by atoms with Crippen LogP contribution in [0.5, 0.6) is 0 Å². The number of likely N-dealkylation sites (tertiary alicyclic amines) is 1. The van der Waals surface area contributed by atoms with Gasteiger partial charge in [-0.15, -0.1) is 11.3 Å². The second-order valence-electron chi connectivity index (χ2n) is 6.72. The van der Waals surface area contributed by atoms with Crippen LogP contribution >= 0.6 is 11.3 Å². The van der Waals surface area contributed by atoms with Crippen molar-refractivity contribution < 1.29 is 14.0 Å². The van der Waals surface area contributed by atoms with Gasteiger partial charge in [-0.25, -0.2) is 4.98 Å². The first-order valence-electron chi connectivity index (χ1n) is 9.11. The van der Waals surface area contributed by atoms with Crippen LogP contribution in [0.2, 0.25) is 0 Å². The molecule has 1 atom stereocenters. The molecule has 4 rings (SSSR count). The van der Waals surface area contributed by atoms with Gasteiger partial charge in [0.05, 0.1) is 34.0 Å². The topological polar surface area (TPSA) is 75.4 Å². The quantitative estimate of drug-likeness (QED) is 0.637. The second-order valence-corrected chi connectivity index (χ2v) is 7.84. The molecule has 1 saturated heterocycles. The Morgan fingerprint density at radius 1 is 1.30 bits per heavy atom. The van der Waals surface area contributed by atoms with Crippen molar-refractivity contribution in [3.05, 3.63) is 53.4 Å². The monoisotopic (exact) mass is 383 g/mol. The predicted octanol–water partition coefficient (Wildman–Crippen LogP) is 2.99. The number of fused-ring (bicyclic) bond motifs is 1. The van der Waals surface area contributed by atoms with Gasteiger partial charge in [0.1, 0.15) is 5.76 Å². The van der Waals surface area contributed by atoms with Crippen molar-refractivity contribution in [2.75, 3.05) is 13.1 Å². The lowest BCUT2D eigenvalue weighted by atomic mass is 10.1. The zero-order valence-corrected chi connectivity index (χ0v) is 15.7. The fourth-order valence-corrected chi connectivity index (χ4v) is 4.32. The summed E-state index contributed by atoms with van der Waals surface area (Å²) in [6.07, 6.45) is 3.53. The Kier molecular flexibility index (Phi) is 5.20. The Hall–Kier alpha value is -2.67. The maximum Gasteiger partial charge on any atom is 0.225 e. The summed E-state index contributed by atoms with van der Waals surface area (Å²) in [6, 6.07) is 11.7. The number of hydrogen-bond donors (Lipinski definition) is 1. The summed E-state index contributed by atoms with van der Waals surface area (Å²) in [7, 11) is 0. The Morgan fingerprint density at radius 2 is 2.19 bits per heavy atom. The van der Waals surface area contributed by atoms with Gasteiger partial charge in [-0.3, -0.25) is 9.59 Å². The maximum atomic E-state index is 12.4.